The first kappa shape index (κ1) is 21.7. The van der Waals surface area contributed by atoms with Crippen molar-refractivity contribution in [3.8, 4) is 5.75 Å². The number of para-hydroxylation sites is 1. The Kier molecular flexibility index (Phi) is 5.30. The molecule has 0 saturated carbocycles. The number of aryl methyl sites for hydroxylation is 1. The largest absolute Gasteiger partial charge is 0.499 e. The normalized spacial score (nSPS) is 17.6. The van der Waals surface area contributed by atoms with Gasteiger partial charge in [-0.05, 0) is 40.7 Å². The molecule has 0 N–H and O–H groups in total. The molecule has 0 amide bonds. The molecule has 0 radical (unpaired) electrons. The molecule has 0 bridgehead atoms. The summed E-state index contributed by atoms with van der Waals surface area (Å²) in [6.45, 7) is 6.47. The Morgan fingerprint density at radius 1 is 1.13 bits per heavy atom. The van der Waals surface area contributed by atoms with Gasteiger partial charge < -0.3 is 18.4 Å². The van der Waals surface area contributed by atoms with Gasteiger partial charge in [-0.3, -0.25) is 0 Å². The van der Waals surface area contributed by atoms with Crippen LogP contribution in [-0.4, -0.2) is 34.3 Å². The summed E-state index contributed by atoms with van der Waals surface area (Å²) in [6.07, 6.45) is 1.89. The number of rotatable bonds is 5. The number of aromatic nitrogens is 2. The summed E-state index contributed by atoms with van der Waals surface area (Å²) >= 11 is 0. The SMILES string of the molecule is Cc1nc2cc(F)c(B3OC(C)(C)C(C)(C)O3)cn2c1Cc1ccccc1OC(F)F. The summed E-state index contributed by atoms with van der Waals surface area (Å²) in [5.74, 6) is -0.385. The van der Waals surface area contributed by atoms with Crippen molar-refractivity contribution in [1.82, 2.24) is 9.38 Å². The van der Waals surface area contributed by atoms with Crippen LogP contribution in [0.4, 0.5) is 13.2 Å². The van der Waals surface area contributed by atoms with Crippen LogP contribution in [0.15, 0.2) is 36.5 Å². The lowest BCUT2D eigenvalue weighted by molar-refractivity contribution is -0.0504. The quantitative estimate of drug-likeness (QED) is 0.565. The van der Waals surface area contributed by atoms with Gasteiger partial charge in [0, 0.05) is 35.4 Å². The Morgan fingerprint density at radius 2 is 1.77 bits per heavy atom. The number of alkyl halides is 2. The molecule has 4 rings (SSSR count). The molecule has 2 aromatic heterocycles. The summed E-state index contributed by atoms with van der Waals surface area (Å²) in [4.78, 5) is 4.44. The van der Waals surface area contributed by atoms with E-state index in [0.717, 1.165) is 5.69 Å². The van der Waals surface area contributed by atoms with E-state index in [0.29, 0.717) is 16.9 Å². The summed E-state index contributed by atoms with van der Waals surface area (Å²) in [6, 6.07) is 7.93. The minimum absolute atomic E-state index is 0.0974. The second-order valence-electron chi connectivity index (χ2n) is 8.70. The Bertz CT molecular complexity index is 1110. The molecule has 0 unspecified atom stereocenters. The molecule has 9 heteroatoms. The molecule has 1 saturated heterocycles. The van der Waals surface area contributed by atoms with Crippen LogP contribution >= 0.6 is 0 Å². The van der Waals surface area contributed by atoms with Crippen molar-refractivity contribution in [2.45, 2.75) is 58.9 Å². The van der Waals surface area contributed by atoms with Crippen molar-refractivity contribution in [3.63, 3.8) is 0 Å². The van der Waals surface area contributed by atoms with Crippen molar-refractivity contribution < 1.29 is 27.2 Å². The Hall–Kier alpha value is -2.52. The minimum atomic E-state index is -2.92. The maximum Gasteiger partial charge on any atom is 0.499 e. The predicted molar refractivity (Wildman–Crippen MR) is 111 cm³/mol. The van der Waals surface area contributed by atoms with Crippen LogP contribution in [0.5, 0.6) is 5.75 Å². The minimum Gasteiger partial charge on any atom is -0.435 e. The highest BCUT2D eigenvalue weighted by atomic mass is 19.3. The highest BCUT2D eigenvalue weighted by molar-refractivity contribution is 6.62. The molecular weight excluding hydrogens is 408 g/mol. The maximum absolute atomic E-state index is 14.9. The molecule has 0 atom stereocenters. The first-order chi connectivity index (χ1) is 14.5. The van der Waals surface area contributed by atoms with Crippen molar-refractivity contribution in [2.75, 3.05) is 0 Å². The van der Waals surface area contributed by atoms with Gasteiger partial charge in [0.25, 0.3) is 0 Å². The zero-order valence-corrected chi connectivity index (χ0v) is 18.1. The average molecular weight is 432 g/mol. The predicted octanol–water partition coefficient (Wildman–Crippen LogP) is 4.27. The lowest BCUT2D eigenvalue weighted by Crippen LogP contribution is -2.41. The second kappa shape index (κ2) is 7.56. The molecule has 1 fully saturated rings. The molecule has 0 aliphatic carbocycles. The van der Waals surface area contributed by atoms with Crippen LogP contribution in [0.25, 0.3) is 5.65 Å². The number of fused-ring (bicyclic) bond motifs is 1. The fourth-order valence-corrected chi connectivity index (χ4v) is 3.64. The molecule has 0 spiro atoms. The van der Waals surface area contributed by atoms with Crippen LogP contribution in [0.2, 0.25) is 0 Å². The van der Waals surface area contributed by atoms with E-state index >= 15 is 0 Å². The van der Waals surface area contributed by atoms with E-state index in [1.807, 2.05) is 27.7 Å². The van der Waals surface area contributed by atoms with Gasteiger partial charge >= 0.3 is 13.7 Å². The molecule has 1 aliphatic heterocycles. The fourth-order valence-electron chi connectivity index (χ4n) is 3.64. The summed E-state index contributed by atoms with van der Waals surface area (Å²) < 4.78 is 58.9. The highest BCUT2D eigenvalue weighted by Gasteiger charge is 2.52. The zero-order valence-electron chi connectivity index (χ0n) is 18.1. The summed E-state index contributed by atoms with van der Waals surface area (Å²) in [5, 5.41) is 0. The number of hydrogen-bond donors (Lipinski definition) is 0. The van der Waals surface area contributed by atoms with Crippen LogP contribution in [0.1, 0.15) is 44.6 Å². The van der Waals surface area contributed by atoms with E-state index in [2.05, 4.69) is 9.72 Å². The smallest absolute Gasteiger partial charge is 0.435 e. The lowest BCUT2D eigenvalue weighted by atomic mass is 9.80. The van der Waals surface area contributed by atoms with Gasteiger partial charge in [-0.15, -0.1) is 0 Å². The number of imidazole rings is 1. The van der Waals surface area contributed by atoms with Crippen LogP contribution in [-0.2, 0) is 15.7 Å². The number of halogens is 3. The molecule has 3 aromatic rings. The Labute approximate surface area is 179 Å². The second-order valence-corrected chi connectivity index (χ2v) is 8.70. The lowest BCUT2D eigenvalue weighted by Gasteiger charge is -2.32. The molecule has 3 heterocycles. The number of nitrogens with zero attached hydrogens (tertiary/aromatic N) is 2. The molecule has 5 nitrogen and oxygen atoms in total. The number of benzene rings is 1. The standard InChI is InChI=1S/C22H24BF3N2O3/c1-13-17(10-14-8-6-7-9-18(14)29-20(25)26)28-12-15(16(24)11-19(28)27-13)23-30-21(2,3)22(4,5)31-23/h6-9,11-12,20H,10H2,1-5H3. The van der Waals surface area contributed by atoms with E-state index < -0.39 is 30.7 Å². The highest BCUT2D eigenvalue weighted by Crippen LogP contribution is 2.36. The van der Waals surface area contributed by atoms with Gasteiger partial charge in [-0.25, -0.2) is 9.37 Å². The molecule has 1 aromatic carbocycles. The van der Waals surface area contributed by atoms with Crippen LogP contribution < -0.4 is 10.2 Å². The van der Waals surface area contributed by atoms with Gasteiger partial charge in [0.1, 0.15) is 17.2 Å². The topological polar surface area (TPSA) is 45.0 Å². The third-order valence-electron chi connectivity index (χ3n) is 6.09. The van der Waals surface area contributed by atoms with Gasteiger partial charge in [0.2, 0.25) is 0 Å². The molecule has 31 heavy (non-hydrogen) atoms. The third-order valence-corrected chi connectivity index (χ3v) is 6.09. The van der Waals surface area contributed by atoms with E-state index in [9.17, 15) is 13.2 Å². The first-order valence-electron chi connectivity index (χ1n) is 10.0. The Morgan fingerprint density at radius 3 is 2.42 bits per heavy atom. The summed E-state index contributed by atoms with van der Waals surface area (Å²) in [7, 11) is -0.876. The summed E-state index contributed by atoms with van der Waals surface area (Å²) in [5.41, 5.74) is 1.42. The maximum atomic E-state index is 14.9. The monoisotopic (exact) mass is 432 g/mol. The third kappa shape index (κ3) is 3.92. The first-order valence-corrected chi connectivity index (χ1v) is 10.0. The van der Waals surface area contributed by atoms with Crippen LogP contribution in [0, 0.1) is 12.7 Å². The van der Waals surface area contributed by atoms with Crippen molar-refractivity contribution in [1.29, 1.82) is 0 Å². The van der Waals surface area contributed by atoms with Crippen molar-refractivity contribution in [3.05, 3.63) is 59.3 Å². The molecular formula is C22H24BF3N2O3. The fraction of sp³-hybridized carbons (Fsp3) is 0.409. The van der Waals surface area contributed by atoms with Crippen molar-refractivity contribution in [2.24, 2.45) is 0 Å². The van der Waals surface area contributed by atoms with Gasteiger partial charge in [0.15, 0.2) is 0 Å². The van der Waals surface area contributed by atoms with E-state index in [1.165, 1.54) is 12.1 Å². The van der Waals surface area contributed by atoms with E-state index in [4.69, 9.17) is 9.31 Å². The van der Waals surface area contributed by atoms with Gasteiger partial charge in [-0.1, -0.05) is 18.2 Å². The van der Waals surface area contributed by atoms with Crippen LogP contribution in [0.3, 0.4) is 0 Å². The van der Waals surface area contributed by atoms with E-state index in [1.54, 1.807) is 35.7 Å². The van der Waals surface area contributed by atoms with Gasteiger partial charge in [-0.2, -0.15) is 8.78 Å². The Balaban J connectivity index is 1.75. The zero-order chi connectivity index (χ0) is 22.6. The number of pyridine rings is 1. The average Bonchev–Trinajstić information content (AvgIpc) is 3.06. The van der Waals surface area contributed by atoms with Crippen molar-refractivity contribution >= 4 is 18.2 Å². The molecule has 1 aliphatic rings. The molecule has 164 valence electrons. The number of hydrogen-bond acceptors (Lipinski definition) is 4. The number of ether oxygens (including phenoxy) is 1. The van der Waals surface area contributed by atoms with Gasteiger partial charge in [0.05, 0.1) is 16.9 Å². The van der Waals surface area contributed by atoms with E-state index in [-0.39, 0.29) is 17.6 Å².